The molecule has 1 amide bonds. The van der Waals surface area contributed by atoms with Crippen molar-refractivity contribution in [3.05, 3.63) is 51.5 Å². The number of amides is 1. The summed E-state index contributed by atoms with van der Waals surface area (Å²) in [6.45, 7) is 0. The van der Waals surface area contributed by atoms with Crippen LogP contribution in [0, 0.1) is 0 Å². The molecule has 1 aliphatic rings. The van der Waals surface area contributed by atoms with Crippen LogP contribution in [0.2, 0.25) is 10.0 Å². The van der Waals surface area contributed by atoms with Crippen molar-refractivity contribution in [1.82, 2.24) is 0 Å². The van der Waals surface area contributed by atoms with Gasteiger partial charge in [0.2, 0.25) is 0 Å². The summed E-state index contributed by atoms with van der Waals surface area (Å²) in [5, 5.41) is 3.88. The minimum Gasteiger partial charge on any atom is -0.323 e. The quantitative estimate of drug-likeness (QED) is 0.554. The van der Waals surface area contributed by atoms with Crippen molar-refractivity contribution >= 4 is 73.9 Å². The van der Waals surface area contributed by atoms with E-state index in [2.05, 4.69) is 21.2 Å². The zero-order valence-corrected chi connectivity index (χ0v) is 15.4. The summed E-state index contributed by atoms with van der Waals surface area (Å²) in [5.41, 5.74) is 4.42. The van der Waals surface area contributed by atoms with Gasteiger partial charge in [0, 0.05) is 15.6 Å². The second kappa shape index (κ2) is 6.21. The second-order valence-electron chi connectivity index (χ2n) is 4.80. The van der Waals surface area contributed by atoms with Gasteiger partial charge >= 0.3 is 0 Å². The van der Waals surface area contributed by atoms with Gasteiger partial charge in [-0.1, -0.05) is 68.4 Å². The third-order valence-corrected chi connectivity index (χ3v) is 5.25. The lowest BCUT2D eigenvalue weighted by molar-refractivity contribution is -0.114. The van der Waals surface area contributed by atoms with Crippen molar-refractivity contribution in [3.8, 4) is 11.1 Å². The van der Waals surface area contributed by atoms with Crippen LogP contribution in [0.5, 0.6) is 0 Å². The van der Waals surface area contributed by atoms with E-state index >= 15 is 0 Å². The molecule has 0 heterocycles. The monoisotopic (exact) mass is 437 g/mol. The number of halogens is 5. The molecule has 2 aromatic rings. The number of nitrogens with one attached hydrogen (secondary N) is 1. The third kappa shape index (κ3) is 2.85. The summed E-state index contributed by atoms with van der Waals surface area (Å²) in [6.07, 6.45) is 0. The molecule has 7 heteroatoms. The van der Waals surface area contributed by atoms with E-state index in [1.807, 2.05) is 18.2 Å². The van der Waals surface area contributed by atoms with Crippen molar-refractivity contribution in [1.29, 1.82) is 0 Å². The lowest BCUT2D eigenvalue weighted by Gasteiger charge is -2.13. The number of rotatable bonds is 2. The highest BCUT2D eigenvalue weighted by Crippen LogP contribution is 2.52. The van der Waals surface area contributed by atoms with Crippen molar-refractivity contribution in [2.75, 3.05) is 5.32 Å². The summed E-state index contributed by atoms with van der Waals surface area (Å²) in [5.74, 6) is -0.499. The van der Waals surface area contributed by atoms with Crippen LogP contribution in [0.15, 0.2) is 30.3 Å². The molecule has 0 spiro atoms. The van der Waals surface area contributed by atoms with Gasteiger partial charge in [-0.15, -0.1) is 0 Å². The second-order valence-corrected chi connectivity index (χ2v) is 7.69. The van der Waals surface area contributed by atoms with Crippen molar-refractivity contribution in [2.24, 2.45) is 0 Å². The van der Waals surface area contributed by atoms with Crippen LogP contribution in [0.25, 0.3) is 11.1 Å². The highest BCUT2D eigenvalue weighted by molar-refractivity contribution is 9.09. The molecular formula is C15H8BrCl4NO. The van der Waals surface area contributed by atoms with Gasteiger partial charge in [-0.2, -0.15) is 0 Å². The topological polar surface area (TPSA) is 29.1 Å². The van der Waals surface area contributed by atoms with Crippen LogP contribution in [0.4, 0.5) is 5.69 Å². The Morgan fingerprint density at radius 2 is 1.77 bits per heavy atom. The molecule has 114 valence electrons. The van der Waals surface area contributed by atoms with Gasteiger partial charge in [0.05, 0.1) is 10.5 Å². The molecule has 0 aromatic heterocycles. The summed E-state index contributed by atoms with van der Waals surface area (Å²) < 4.78 is 0. The van der Waals surface area contributed by atoms with Gasteiger partial charge in [0.25, 0.3) is 5.91 Å². The SMILES string of the molecule is O=C(Nc1cc(Cl)cc2c1-c1ccc(Cl)cc1[C@@H]2Br)C(Cl)Cl. The molecule has 0 unspecified atom stereocenters. The van der Waals surface area contributed by atoms with Crippen LogP contribution < -0.4 is 5.32 Å². The van der Waals surface area contributed by atoms with Gasteiger partial charge in [-0.25, -0.2) is 0 Å². The number of benzene rings is 2. The predicted octanol–water partition coefficient (Wildman–Crippen LogP) is 6.20. The smallest absolute Gasteiger partial charge is 0.257 e. The van der Waals surface area contributed by atoms with Gasteiger partial charge in [-0.3, -0.25) is 4.79 Å². The summed E-state index contributed by atoms with van der Waals surface area (Å²) >= 11 is 27.1. The maximum atomic E-state index is 11.8. The Labute approximate surface area is 155 Å². The number of carbonyl (C=O) groups is 1. The van der Waals surface area contributed by atoms with E-state index in [4.69, 9.17) is 46.4 Å². The Morgan fingerprint density at radius 1 is 1.09 bits per heavy atom. The van der Waals surface area contributed by atoms with Crippen molar-refractivity contribution in [2.45, 2.75) is 9.66 Å². The fourth-order valence-electron chi connectivity index (χ4n) is 2.55. The molecule has 0 fully saturated rings. The molecule has 2 aromatic carbocycles. The molecule has 0 aliphatic heterocycles. The minimum atomic E-state index is -1.15. The Hall–Kier alpha value is -0.450. The van der Waals surface area contributed by atoms with E-state index in [0.717, 1.165) is 22.3 Å². The standard InChI is InChI=1S/C15H8BrCl4NO/c16-13-9-3-6(17)1-2-8(9)12-10(13)4-7(18)5-11(12)21-15(22)14(19)20/h1-5,13-14H,(H,21,22)/t13-/m0/s1. The predicted molar refractivity (Wildman–Crippen MR) is 96.8 cm³/mol. The molecular weight excluding hydrogens is 432 g/mol. The number of hydrogen-bond acceptors (Lipinski definition) is 1. The maximum Gasteiger partial charge on any atom is 0.257 e. The fraction of sp³-hybridized carbons (Fsp3) is 0.133. The average molecular weight is 440 g/mol. The normalized spacial score (nSPS) is 15.6. The van der Waals surface area contributed by atoms with Gasteiger partial charge in [-0.05, 0) is 41.0 Å². The molecule has 2 nitrogen and oxygen atoms in total. The summed E-state index contributed by atoms with van der Waals surface area (Å²) in [7, 11) is 0. The number of carbonyl (C=O) groups excluding carboxylic acids is 1. The van der Waals surface area contributed by atoms with Crippen LogP contribution >= 0.6 is 62.3 Å². The van der Waals surface area contributed by atoms with E-state index in [-0.39, 0.29) is 4.83 Å². The molecule has 0 radical (unpaired) electrons. The molecule has 0 bridgehead atoms. The van der Waals surface area contributed by atoms with Crippen LogP contribution in [0.3, 0.4) is 0 Å². The average Bonchev–Trinajstić information content (AvgIpc) is 2.72. The molecule has 1 N–H and O–H groups in total. The van der Waals surface area contributed by atoms with Crippen molar-refractivity contribution < 1.29 is 4.79 Å². The van der Waals surface area contributed by atoms with Crippen molar-refractivity contribution in [3.63, 3.8) is 0 Å². The third-order valence-electron chi connectivity index (χ3n) is 3.42. The lowest BCUT2D eigenvalue weighted by Crippen LogP contribution is -2.19. The first-order valence-electron chi connectivity index (χ1n) is 6.25. The zero-order chi connectivity index (χ0) is 16.0. The molecule has 3 rings (SSSR count). The van der Waals surface area contributed by atoms with E-state index in [1.165, 1.54) is 0 Å². The van der Waals surface area contributed by atoms with Crippen LogP contribution in [0.1, 0.15) is 16.0 Å². The van der Waals surface area contributed by atoms with E-state index in [9.17, 15) is 4.79 Å². The van der Waals surface area contributed by atoms with Crippen LogP contribution in [-0.4, -0.2) is 10.7 Å². The Kier molecular flexibility index (Phi) is 4.64. The van der Waals surface area contributed by atoms with E-state index in [1.54, 1.807) is 12.1 Å². The zero-order valence-electron chi connectivity index (χ0n) is 10.8. The molecule has 1 atom stereocenters. The van der Waals surface area contributed by atoms with Gasteiger partial charge in [0.15, 0.2) is 4.84 Å². The minimum absolute atomic E-state index is 0.0478. The largest absolute Gasteiger partial charge is 0.323 e. The first-order valence-corrected chi connectivity index (χ1v) is 8.79. The Morgan fingerprint density at radius 3 is 2.45 bits per heavy atom. The van der Waals surface area contributed by atoms with E-state index < -0.39 is 10.7 Å². The fourth-order valence-corrected chi connectivity index (χ4v) is 3.81. The number of anilines is 1. The van der Waals surface area contributed by atoms with Crippen LogP contribution in [-0.2, 0) is 4.79 Å². The highest BCUT2D eigenvalue weighted by atomic mass is 79.9. The number of alkyl halides is 3. The summed E-state index contributed by atoms with van der Waals surface area (Å²) in [6, 6.07) is 9.15. The molecule has 1 aliphatic carbocycles. The first-order chi connectivity index (χ1) is 10.4. The van der Waals surface area contributed by atoms with Gasteiger partial charge < -0.3 is 5.32 Å². The van der Waals surface area contributed by atoms with Gasteiger partial charge in [0.1, 0.15) is 0 Å². The summed E-state index contributed by atoms with van der Waals surface area (Å²) in [4.78, 5) is 10.6. The maximum absolute atomic E-state index is 11.8. The molecule has 0 saturated carbocycles. The first kappa shape index (κ1) is 16.4. The highest BCUT2D eigenvalue weighted by Gasteiger charge is 2.30. The number of hydrogen-bond donors (Lipinski definition) is 1. The van der Waals surface area contributed by atoms with E-state index in [0.29, 0.717) is 15.7 Å². The lowest BCUT2D eigenvalue weighted by atomic mass is 10.0. The molecule has 22 heavy (non-hydrogen) atoms. The Bertz CT molecular complexity index is 778. The Balaban J connectivity index is 2.18. The number of fused-ring (bicyclic) bond motifs is 3. The molecule has 0 saturated heterocycles.